The van der Waals surface area contributed by atoms with Gasteiger partial charge in [-0.25, -0.2) is 0 Å². The Bertz CT molecular complexity index is 489. The first kappa shape index (κ1) is 14.3. The number of non-ortho nitro benzene ring substituents is 1. The molecule has 1 heterocycles. The summed E-state index contributed by atoms with van der Waals surface area (Å²) in [5.41, 5.74) is 1.02. The zero-order valence-corrected chi connectivity index (χ0v) is 11.1. The molecular formula is C13H17N3O4. The fourth-order valence-corrected chi connectivity index (χ4v) is 2.36. The molecule has 0 unspecified atom stereocenters. The average molecular weight is 279 g/mol. The number of nitro groups is 1. The molecule has 0 radical (unpaired) electrons. The van der Waals surface area contributed by atoms with E-state index < -0.39 is 10.9 Å². The molecule has 1 fully saturated rings. The van der Waals surface area contributed by atoms with Gasteiger partial charge in [0.2, 0.25) is 0 Å². The number of nitrogens with zero attached hydrogens (tertiary/aromatic N) is 3. The predicted molar refractivity (Wildman–Crippen MR) is 74.0 cm³/mol. The lowest BCUT2D eigenvalue weighted by Crippen LogP contribution is -2.34. The van der Waals surface area contributed by atoms with Crippen molar-refractivity contribution in [2.45, 2.75) is 6.42 Å². The number of anilines is 1. The van der Waals surface area contributed by atoms with Crippen molar-refractivity contribution < 1.29 is 14.8 Å². The highest BCUT2D eigenvalue weighted by Crippen LogP contribution is 2.20. The van der Waals surface area contributed by atoms with E-state index in [1.54, 1.807) is 12.1 Å². The molecule has 20 heavy (non-hydrogen) atoms. The summed E-state index contributed by atoms with van der Waals surface area (Å²) in [6.07, 6.45) is 0.879. The van der Waals surface area contributed by atoms with Crippen LogP contribution in [0.4, 0.5) is 11.4 Å². The van der Waals surface area contributed by atoms with Crippen molar-refractivity contribution in [2.24, 2.45) is 0 Å². The van der Waals surface area contributed by atoms with E-state index >= 15 is 0 Å². The highest BCUT2D eigenvalue weighted by Gasteiger charge is 2.17. The number of nitro benzene ring substituents is 1. The highest BCUT2D eigenvalue weighted by molar-refractivity contribution is 5.69. The van der Waals surface area contributed by atoms with Gasteiger partial charge in [0.05, 0.1) is 11.5 Å². The zero-order valence-electron chi connectivity index (χ0n) is 11.1. The van der Waals surface area contributed by atoms with Gasteiger partial charge in [0.25, 0.3) is 5.69 Å². The predicted octanol–water partition coefficient (Wildman–Crippen LogP) is 1.19. The largest absolute Gasteiger partial charge is 0.480 e. The van der Waals surface area contributed by atoms with Crippen LogP contribution in [0.25, 0.3) is 0 Å². The minimum absolute atomic E-state index is 0.0636. The Morgan fingerprint density at radius 1 is 1.20 bits per heavy atom. The van der Waals surface area contributed by atoms with Crippen LogP contribution in [-0.2, 0) is 4.79 Å². The topological polar surface area (TPSA) is 86.9 Å². The molecule has 0 bridgehead atoms. The number of benzene rings is 1. The zero-order chi connectivity index (χ0) is 14.5. The average Bonchev–Trinajstić information content (AvgIpc) is 2.64. The molecule has 7 heteroatoms. The van der Waals surface area contributed by atoms with Crippen molar-refractivity contribution in [3.05, 3.63) is 34.4 Å². The Morgan fingerprint density at radius 3 is 2.50 bits per heavy atom. The van der Waals surface area contributed by atoms with Crippen LogP contribution in [0, 0.1) is 10.1 Å². The quantitative estimate of drug-likeness (QED) is 0.658. The molecule has 0 atom stereocenters. The minimum atomic E-state index is -0.811. The minimum Gasteiger partial charge on any atom is -0.480 e. The van der Waals surface area contributed by atoms with E-state index in [1.165, 1.54) is 12.1 Å². The lowest BCUT2D eigenvalue weighted by atomic mass is 10.2. The van der Waals surface area contributed by atoms with Gasteiger partial charge in [-0.15, -0.1) is 0 Å². The molecule has 1 aromatic rings. The lowest BCUT2D eigenvalue weighted by molar-refractivity contribution is -0.384. The number of aliphatic carboxylic acids is 1. The van der Waals surface area contributed by atoms with Crippen LogP contribution in [0.1, 0.15) is 6.42 Å². The van der Waals surface area contributed by atoms with Gasteiger partial charge in [-0.3, -0.25) is 19.8 Å². The van der Waals surface area contributed by atoms with Crippen LogP contribution in [0.3, 0.4) is 0 Å². The van der Waals surface area contributed by atoms with Gasteiger partial charge in [-0.1, -0.05) is 0 Å². The summed E-state index contributed by atoms with van der Waals surface area (Å²) in [4.78, 5) is 25.0. The van der Waals surface area contributed by atoms with Crippen LogP contribution in [0.5, 0.6) is 0 Å². The van der Waals surface area contributed by atoms with E-state index in [0.717, 1.165) is 31.7 Å². The molecule has 2 rings (SSSR count). The van der Waals surface area contributed by atoms with Gasteiger partial charge >= 0.3 is 5.97 Å². The fourth-order valence-electron chi connectivity index (χ4n) is 2.36. The first-order valence-corrected chi connectivity index (χ1v) is 6.50. The van der Waals surface area contributed by atoms with Gasteiger partial charge in [0.1, 0.15) is 0 Å². The summed E-state index contributed by atoms with van der Waals surface area (Å²) < 4.78 is 0. The number of carboxylic acids is 1. The van der Waals surface area contributed by atoms with Crippen molar-refractivity contribution >= 4 is 17.3 Å². The van der Waals surface area contributed by atoms with E-state index in [-0.39, 0.29) is 12.2 Å². The number of carboxylic acid groups (broad SMARTS) is 1. The van der Waals surface area contributed by atoms with Gasteiger partial charge in [0.15, 0.2) is 0 Å². The van der Waals surface area contributed by atoms with Crippen molar-refractivity contribution in [3.8, 4) is 0 Å². The molecule has 1 saturated heterocycles. The lowest BCUT2D eigenvalue weighted by Gasteiger charge is -2.23. The first-order chi connectivity index (χ1) is 9.56. The molecule has 1 aliphatic heterocycles. The second-order valence-corrected chi connectivity index (χ2v) is 4.78. The molecule has 0 saturated carbocycles. The van der Waals surface area contributed by atoms with Crippen molar-refractivity contribution in [2.75, 3.05) is 37.6 Å². The molecule has 7 nitrogen and oxygen atoms in total. The third kappa shape index (κ3) is 3.67. The maximum Gasteiger partial charge on any atom is 0.317 e. The molecule has 1 aliphatic rings. The third-order valence-corrected chi connectivity index (χ3v) is 3.37. The fraction of sp³-hybridized carbons (Fsp3) is 0.462. The van der Waals surface area contributed by atoms with Gasteiger partial charge < -0.3 is 10.0 Å². The van der Waals surface area contributed by atoms with Crippen LogP contribution < -0.4 is 4.90 Å². The number of carbonyl (C=O) groups is 1. The molecule has 0 aromatic heterocycles. The Kier molecular flexibility index (Phi) is 4.52. The maximum atomic E-state index is 10.7. The SMILES string of the molecule is O=C(O)CN1CCCN(c2ccc([N+](=O)[O-])cc2)CC1. The molecular weight excluding hydrogens is 262 g/mol. The molecule has 1 aromatic carbocycles. The smallest absolute Gasteiger partial charge is 0.317 e. The summed E-state index contributed by atoms with van der Waals surface area (Å²) in [6.45, 7) is 3.06. The molecule has 1 N–H and O–H groups in total. The molecule has 0 aliphatic carbocycles. The van der Waals surface area contributed by atoms with Crippen LogP contribution in [0.15, 0.2) is 24.3 Å². The Morgan fingerprint density at radius 2 is 1.90 bits per heavy atom. The van der Waals surface area contributed by atoms with Crippen molar-refractivity contribution in [1.29, 1.82) is 0 Å². The summed E-state index contributed by atoms with van der Waals surface area (Å²) >= 11 is 0. The number of rotatable bonds is 4. The van der Waals surface area contributed by atoms with Crippen molar-refractivity contribution in [3.63, 3.8) is 0 Å². The molecule has 108 valence electrons. The third-order valence-electron chi connectivity index (χ3n) is 3.37. The van der Waals surface area contributed by atoms with Gasteiger partial charge in [-0.05, 0) is 18.6 Å². The summed E-state index contributed by atoms with van der Waals surface area (Å²) in [5.74, 6) is -0.811. The number of hydrogen-bond acceptors (Lipinski definition) is 5. The molecule has 0 amide bonds. The number of hydrogen-bond donors (Lipinski definition) is 1. The van der Waals surface area contributed by atoms with E-state index in [2.05, 4.69) is 4.90 Å². The second kappa shape index (κ2) is 6.33. The van der Waals surface area contributed by atoms with Crippen molar-refractivity contribution in [1.82, 2.24) is 4.90 Å². The van der Waals surface area contributed by atoms with Crippen LogP contribution in [-0.4, -0.2) is 53.6 Å². The van der Waals surface area contributed by atoms with E-state index in [4.69, 9.17) is 5.11 Å². The van der Waals surface area contributed by atoms with Gasteiger partial charge in [0, 0.05) is 44.0 Å². The Labute approximate surface area is 116 Å². The monoisotopic (exact) mass is 279 g/mol. The second-order valence-electron chi connectivity index (χ2n) is 4.78. The van der Waals surface area contributed by atoms with Gasteiger partial charge in [-0.2, -0.15) is 0 Å². The first-order valence-electron chi connectivity index (χ1n) is 6.50. The standard InChI is InChI=1S/C13H17N3O4/c17-13(18)10-14-6-1-7-15(9-8-14)11-2-4-12(5-3-11)16(19)20/h2-5H,1,6-10H2,(H,17,18). The highest BCUT2D eigenvalue weighted by atomic mass is 16.6. The van der Waals surface area contributed by atoms with E-state index in [0.29, 0.717) is 6.54 Å². The summed E-state index contributed by atoms with van der Waals surface area (Å²) in [5, 5.41) is 19.4. The van der Waals surface area contributed by atoms with E-state index in [1.807, 2.05) is 4.90 Å². The Hall–Kier alpha value is -2.15. The maximum absolute atomic E-state index is 10.7. The van der Waals surface area contributed by atoms with Crippen LogP contribution >= 0.6 is 0 Å². The Balaban J connectivity index is 1.99. The van der Waals surface area contributed by atoms with E-state index in [9.17, 15) is 14.9 Å². The normalized spacial score (nSPS) is 16.7. The summed E-state index contributed by atoms with van der Waals surface area (Å²) in [7, 11) is 0. The molecule has 0 spiro atoms. The summed E-state index contributed by atoms with van der Waals surface area (Å²) in [6, 6.07) is 6.47. The van der Waals surface area contributed by atoms with Crippen LogP contribution in [0.2, 0.25) is 0 Å².